The molecule has 0 aliphatic heterocycles. The van der Waals surface area contributed by atoms with Crippen LogP contribution in [-0.4, -0.2) is 17.0 Å². The molecule has 0 atom stereocenters. The second-order valence-electron chi connectivity index (χ2n) is 6.89. The smallest absolute Gasteiger partial charge is 0.360 e. The highest BCUT2D eigenvalue weighted by molar-refractivity contribution is 6.39. The summed E-state index contributed by atoms with van der Waals surface area (Å²) in [5, 5.41) is 10.3. The number of anilines is 2. The number of hydrogen-bond donors (Lipinski definition) is 2. The van der Waals surface area contributed by atoms with Gasteiger partial charge < -0.3 is 19.6 Å². The molecule has 10 heteroatoms. The Balaban J connectivity index is 1.71. The molecule has 0 aliphatic carbocycles. The molecule has 0 radical (unpaired) electrons. The summed E-state index contributed by atoms with van der Waals surface area (Å²) in [6.45, 7) is 2.88. The fourth-order valence-electron chi connectivity index (χ4n) is 3.21. The fourth-order valence-corrected chi connectivity index (χ4v) is 3.78. The Morgan fingerprint density at radius 1 is 1.03 bits per heavy atom. The number of carbonyl (C=O) groups is 2. The van der Waals surface area contributed by atoms with Crippen molar-refractivity contribution in [2.45, 2.75) is 13.8 Å². The number of halogens is 2. The predicted molar refractivity (Wildman–Crippen MR) is 121 cm³/mol. The normalized spacial score (nSPS) is 10.9. The van der Waals surface area contributed by atoms with Crippen molar-refractivity contribution < 1.29 is 18.5 Å². The largest absolute Gasteiger partial charge is 0.421 e. The van der Waals surface area contributed by atoms with Gasteiger partial charge in [-0.25, -0.2) is 4.79 Å². The number of nitrogens with one attached hydrogen (secondary N) is 2. The molecule has 32 heavy (non-hydrogen) atoms. The van der Waals surface area contributed by atoms with Crippen LogP contribution in [0.15, 0.2) is 56.2 Å². The van der Waals surface area contributed by atoms with Gasteiger partial charge in [-0.05, 0) is 43.3 Å². The maximum atomic E-state index is 13.1. The summed E-state index contributed by atoms with van der Waals surface area (Å²) in [6, 6.07) is 11.1. The number of fused-ring (bicyclic) bond motifs is 1. The highest BCUT2D eigenvalue weighted by atomic mass is 35.5. The van der Waals surface area contributed by atoms with E-state index in [0.29, 0.717) is 32.3 Å². The van der Waals surface area contributed by atoms with Crippen LogP contribution in [0.2, 0.25) is 10.0 Å². The molecule has 2 amide bonds. The molecule has 2 heterocycles. The van der Waals surface area contributed by atoms with Crippen LogP contribution in [-0.2, 0) is 4.79 Å². The molecule has 4 aromatic rings. The van der Waals surface area contributed by atoms with E-state index in [-0.39, 0.29) is 22.7 Å². The lowest BCUT2D eigenvalue weighted by Crippen LogP contribution is -2.15. The Morgan fingerprint density at radius 2 is 1.75 bits per heavy atom. The molecule has 0 unspecified atom stereocenters. The molecule has 0 spiro atoms. The highest BCUT2D eigenvalue weighted by Crippen LogP contribution is 2.37. The third-order valence-corrected chi connectivity index (χ3v) is 5.22. The zero-order chi connectivity index (χ0) is 23.0. The molecular formula is C22H15Cl2N3O5. The van der Waals surface area contributed by atoms with Crippen LogP contribution in [0.4, 0.5) is 11.4 Å². The second-order valence-corrected chi connectivity index (χ2v) is 7.71. The predicted octanol–water partition coefficient (Wildman–Crippen LogP) is 5.27. The zero-order valence-corrected chi connectivity index (χ0v) is 18.3. The van der Waals surface area contributed by atoms with Crippen LogP contribution in [0.3, 0.4) is 0 Å². The van der Waals surface area contributed by atoms with Gasteiger partial charge in [-0.1, -0.05) is 34.4 Å². The molecule has 0 bridgehead atoms. The Kier molecular flexibility index (Phi) is 5.73. The Hall–Kier alpha value is -3.62. The summed E-state index contributed by atoms with van der Waals surface area (Å²) in [7, 11) is 0. The van der Waals surface area contributed by atoms with Crippen molar-refractivity contribution in [3.8, 4) is 11.3 Å². The van der Waals surface area contributed by atoms with E-state index in [9.17, 15) is 14.4 Å². The van der Waals surface area contributed by atoms with Gasteiger partial charge in [-0.2, -0.15) is 0 Å². The van der Waals surface area contributed by atoms with Crippen LogP contribution >= 0.6 is 23.2 Å². The van der Waals surface area contributed by atoms with E-state index in [2.05, 4.69) is 15.8 Å². The van der Waals surface area contributed by atoms with Crippen molar-refractivity contribution in [1.29, 1.82) is 0 Å². The lowest BCUT2D eigenvalue weighted by atomic mass is 10.1. The molecule has 2 aromatic heterocycles. The average Bonchev–Trinajstić information content (AvgIpc) is 3.09. The van der Waals surface area contributed by atoms with Gasteiger partial charge in [0.1, 0.15) is 28.3 Å². The third-order valence-electron chi connectivity index (χ3n) is 4.59. The summed E-state index contributed by atoms with van der Waals surface area (Å²) >= 11 is 12.6. The first kappa shape index (κ1) is 21.6. The Bertz CT molecular complexity index is 1420. The quantitative estimate of drug-likeness (QED) is 0.391. The van der Waals surface area contributed by atoms with Crippen molar-refractivity contribution in [2.75, 3.05) is 10.6 Å². The molecular weight excluding hydrogens is 457 g/mol. The van der Waals surface area contributed by atoms with Crippen molar-refractivity contribution in [2.24, 2.45) is 0 Å². The van der Waals surface area contributed by atoms with Crippen LogP contribution in [0, 0.1) is 6.92 Å². The van der Waals surface area contributed by atoms with Crippen LogP contribution in [0.25, 0.3) is 22.2 Å². The van der Waals surface area contributed by atoms with Crippen molar-refractivity contribution in [3.63, 3.8) is 0 Å². The number of nitrogens with zero attached hydrogens (tertiary/aromatic N) is 1. The van der Waals surface area contributed by atoms with Gasteiger partial charge in [0.05, 0.1) is 10.0 Å². The molecule has 8 nitrogen and oxygen atoms in total. The summed E-state index contributed by atoms with van der Waals surface area (Å²) in [4.78, 5) is 36.3. The van der Waals surface area contributed by atoms with Crippen molar-refractivity contribution >= 4 is 57.4 Å². The minimum atomic E-state index is -0.675. The molecule has 2 aromatic carbocycles. The van der Waals surface area contributed by atoms with Crippen molar-refractivity contribution in [1.82, 2.24) is 5.16 Å². The Morgan fingerprint density at radius 3 is 2.44 bits per heavy atom. The van der Waals surface area contributed by atoms with Crippen LogP contribution < -0.4 is 16.3 Å². The van der Waals surface area contributed by atoms with Gasteiger partial charge in [0.25, 0.3) is 5.91 Å². The van der Waals surface area contributed by atoms with E-state index in [1.54, 1.807) is 37.3 Å². The van der Waals surface area contributed by atoms with Gasteiger partial charge >= 0.3 is 5.63 Å². The third kappa shape index (κ3) is 4.10. The number of rotatable bonds is 4. The zero-order valence-electron chi connectivity index (χ0n) is 16.8. The van der Waals surface area contributed by atoms with Crippen molar-refractivity contribution in [3.05, 3.63) is 74.3 Å². The summed E-state index contributed by atoms with van der Waals surface area (Å²) < 4.78 is 10.4. The topological polar surface area (TPSA) is 114 Å². The first-order valence-electron chi connectivity index (χ1n) is 9.32. The van der Waals surface area contributed by atoms with Crippen LogP contribution in [0.5, 0.6) is 0 Å². The molecule has 162 valence electrons. The number of benzene rings is 2. The average molecular weight is 472 g/mol. The second kappa shape index (κ2) is 8.49. The van der Waals surface area contributed by atoms with Gasteiger partial charge in [-0.15, -0.1) is 0 Å². The fraction of sp³-hybridized carbons (Fsp3) is 0.0909. The van der Waals surface area contributed by atoms with Gasteiger partial charge in [0.15, 0.2) is 0 Å². The van der Waals surface area contributed by atoms with E-state index in [0.717, 1.165) is 0 Å². The maximum absolute atomic E-state index is 13.1. The lowest BCUT2D eigenvalue weighted by Gasteiger charge is -2.09. The molecule has 0 saturated heterocycles. The molecule has 0 aliphatic rings. The standard InChI is InChI=1S/C22H15Cl2N3O5/c1-10-18(20(27-32-10)19-14(23)4-3-5-15(19)24)21(29)26-13-6-7-17-12(8-13)9-16(22(30)31-17)25-11(2)28/h3-9H,1-2H3,(H,25,28)(H,26,29). The number of aryl methyl sites for hydroxylation is 1. The van der Waals surface area contributed by atoms with E-state index in [1.165, 1.54) is 19.1 Å². The first-order valence-corrected chi connectivity index (χ1v) is 10.1. The minimum Gasteiger partial charge on any atom is -0.421 e. The lowest BCUT2D eigenvalue weighted by molar-refractivity contribution is -0.114. The number of hydrogen-bond acceptors (Lipinski definition) is 6. The number of aromatic nitrogens is 1. The first-order chi connectivity index (χ1) is 15.2. The van der Waals surface area contributed by atoms with Crippen LogP contribution in [0.1, 0.15) is 23.0 Å². The molecule has 0 fully saturated rings. The summed E-state index contributed by atoms with van der Waals surface area (Å²) in [5.74, 6) is -0.614. The summed E-state index contributed by atoms with van der Waals surface area (Å²) in [5.41, 5.74) is 0.825. The number of carbonyl (C=O) groups excluding carboxylic acids is 2. The monoisotopic (exact) mass is 471 g/mol. The minimum absolute atomic E-state index is 0.000923. The van der Waals surface area contributed by atoms with E-state index < -0.39 is 17.4 Å². The van der Waals surface area contributed by atoms with E-state index in [1.807, 2.05) is 0 Å². The maximum Gasteiger partial charge on any atom is 0.360 e. The molecule has 2 N–H and O–H groups in total. The molecule has 4 rings (SSSR count). The van der Waals surface area contributed by atoms with E-state index in [4.69, 9.17) is 32.1 Å². The van der Waals surface area contributed by atoms with E-state index >= 15 is 0 Å². The Labute approximate surface area is 191 Å². The SMILES string of the molecule is CC(=O)Nc1cc2cc(NC(=O)c3c(-c4c(Cl)cccc4Cl)noc3C)ccc2oc1=O. The van der Waals surface area contributed by atoms with Gasteiger partial charge in [0.2, 0.25) is 5.91 Å². The van der Waals surface area contributed by atoms with Gasteiger partial charge in [0, 0.05) is 23.6 Å². The molecule has 0 saturated carbocycles. The number of amides is 2. The highest BCUT2D eigenvalue weighted by Gasteiger charge is 2.25. The summed E-state index contributed by atoms with van der Waals surface area (Å²) in [6.07, 6.45) is 0. The van der Waals surface area contributed by atoms with Gasteiger partial charge in [-0.3, -0.25) is 9.59 Å².